The lowest BCUT2D eigenvalue weighted by Crippen LogP contribution is -2.21. The molecule has 5 nitrogen and oxygen atoms in total. The highest BCUT2D eigenvalue weighted by molar-refractivity contribution is 9.10. The Morgan fingerprint density at radius 1 is 1.33 bits per heavy atom. The molecule has 21 heavy (non-hydrogen) atoms. The van der Waals surface area contributed by atoms with Gasteiger partial charge in [0.1, 0.15) is 13.2 Å². The molecule has 1 aromatic rings. The van der Waals surface area contributed by atoms with Gasteiger partial charge in [0.25, 0.3) is 0 Å². The molecule has 0 aromatic heterocycles. The third-order valence-corrected chi connectivity index (χ3v) is 4.68. The lowest BCUT2D eigenvalue weighted by atomic mass is 10.1. The van der Waals surface area contributed by atoms with Gasteiger partial charge in [0.15, 0.2) is 11.5 Å². The van der Waals surface area contributed by atoms with Crippen LogP contribution >= 0.6 is 15.9 Å². The average Bonchev–Trinajstić information content (AvgIpc) is 2.86. The van der Waals surface area contributed by atoms with Gasteiger partial charge < -0.3 is 14.6 Å². The summed E-state index contributed by atoms with van der Waals surface area (Å²) in [5.41, 5.74) is 1.15. The monoisotopic (exact) mass is 355 g/mol. The minimum atomic E-state index is -0.706. The van der Waals surface area contributed by atoms with Gasteiger partial charge in [-0.2, -0.15) is 0 Å². The van der Waals surface area contributed by atoms with Crippen LogP contribution in [0.3, 0.4) is 0 Å². The Bertz CT molecular complexity index is 549. The molecular weight excluding hydrogens is 338 g/mol. The fraction of sp³-hybridized carbons (Fsp3) is 0.533. The van der Waals surface area contributed by atoms with E-state index in [-0.39, 0.29) is 12.3 Å². The lowest BCUT2D eigenvalue weighted by Gasteiger charge is -2.22. The van der Waals surface area contributed by atoms with Crippen molar-refractivity contribution in [2.75, 3.05) is 26.3 Å². The summed E-state index contributed by atoms with van der Waals surface area (Å²) >= 11 is 3.58. The van der Waals surface area contributed by atoms with Crippen molar-refractivity contribution in [2.24, 2.45) is 5.92 Å². The lowest BCUT2D eigenvalue weighted by molar-refractivity contribution is -0.138. The van der Waals surface area contributed by atoms with Gasteiger partial charge in [0, 0.05) is 24.0 Å². The van der Waals surface area contributed by atoms with Crippen molar-refractivity contribution < 1.29 is 19.4 Å². The molecule has 0 saturated carbocycles. The molecule has 1 unspecified atom stereocenters. The minimum Gasteiger partial charge on any atom is -0.486 e. The van der Waals surface area contributed by atoms with E-state index in [0.29, 0.717) is 13.2 Å². The second-order valence-electron chi connectivity index (χ2n) is 5.57. The molecule has 114 valence electrons. The summed E-state index contributed by atoms with van der Waals surface area (Å²) in [7, 11) is 0. The van der Waals surface area contributed by atoms with Crippen LogP contribution < -0.4 is 9.47 Å². The van der Waals surface area contributed by atoms with E-state index in [1.165, 1.54) is 0 Å². The molecule has 0 amide bonds. The zero-order chi connectivity index (χ0) is 14.8. The molecule has 2 heterocycles. The predicted molar refractivity (Wildman–Crippen MR) is 80.8 cm³/mol. The summed E-state index contributed by atoms with van der Waals surface area (Å²) in [6, 6.07) is 3.97. The van der Waals surface area contributed by atoms with Crippen LogP contribution in [-0.4, -0.2) is 42.3 Å². The van der Waals surface area contributed by atoms with Gasteiger partial charge in [0.2, 0.25) is 0 Å². The van der Waals surface area contributed by atoms with Gasteiger partial charge in [-0.1, -0.05) is 15.9 Å². The molecule has 1 N–H and O–H groups in total. The van der Waals surface area contributed by atoms with Crippen molar-refractivity contribution >= 4 is 21.9 Å². The third-order valence-electron chi connectivity index (χ3n) is 3.94. The number of rotatable bonds is 4. The zero-order valence-corrected chi connectivity index (χ0v) is 13.3. The van der Waals surface area contributed by atoms with Gasteiger partial charge in [-0.05, 0) is 36.6 Å². The van der Waals surface area contributed by atoms with Crippen molar-refractivity contribution in [3.05, 3.63) is 22.2 Å². The maximum atomic E-state index is 10.8. The van der Waals surface area contributed by atoms with Crippen LogP contribution in [0.2, 0.25) is 0 Å². The van der Waals surface area contributed by atoms with Crippen LogP contribution in [0, 0.1) is 5.92 Å². The molecule has 2 aliphatic heterocycles. The number of carbonyl (C=O) groups is 1. The number of hydrogen-bond donors (Lipinski definition) is 1. The van der Waals surface area contributed by atoms with E-state index in [9.17, 15) is 4.79 Å². The summed E-state index contributed by atoms with van der Waals surface area (Å²) in [4.78, 5) is 13.1. The second-order valence-corrected chi connectivity index (χ2v) is 6.43. The highest BCUT2D eigenvalue weighted by Crippen LogP contribution is 2.36. The minimum absolute atomic E-state index is 0.262. The molecule has 0 bridgehead atoms. The van der Waals surface area contributed by atoms with Crippen molar-refractivity contribution in [2.45, 2.75) is 19.4 Å². The van der Waals surface area contributed by atoms with Crippen molar-refractivity contribution in [1.29, 1.82) is 0 Å². The van der Waals surface area contributed by atoms with E-state index >= 15 is 0 Å². The van der Waals surface area contributed by atoms with Crippen molar-refractivity contribution in [3.8, 4) is 11.5 Å². The molecule has 1 aromatic carbocycles. The van der Waals surface area contributed by atoms with E-state index in [1.54, 1.807) is 0 Å². The van der Waals surface area contributed by atoms with Gasteiger partial charge in [-0.3, -0.25) is 9.69 Å². The van der Waals surface area contributed by atoms with Gasteiger partial charge in [-0.15, -0.1) is 0 Å². The number of carboxylic acids is 1. The summed E-state index contributed by atoms with van der Waals surface area (Å²) in [6.45, 7) is 3.75. The molecule has 3 rings (SSSR count). The molecule has 0 radical (unpaired) electrons. The topological polar surface area (TPSA) is 59.0 Å². The highest BCUT2D eigenvalue weighted by atomic mass is 79.9. The summed E-state index contributed by atoms with van der Waals surface area (Å²) in [5, 5.41) is 8.87. The van der Waals surface area contributed by atoms with Crippen LogP contribution in [-0.2, 0) is 11.3 Å². The Morgan fingerprint density at radius 3 is 2.76 bits per heavy atom. The first-order chi connectivity index (χ1) is 10.1. The number of likely N-dealkylation sites (tertiary alicyclic amines) is 1. The molecule has 6 heteroatoms. The van der Waals surface area contributed by atoms with E-state index in [0.717, 1.165) is 47.6 Å². The fourth-order valence-electron chi connectivity index (χ4n) is 2.94. The van der Waals surface area contributed by atoms with Crippen molar-refractivity contribution in [3.63, 3.8) is 0 Å². The van der Waals surface area contributed by atoms with E-state index < -0.39 is 5.97 Å². The van der Waals surface area contributed by atoms with E-state index in [2.05, 4.69) is 20.8 Å². The van der Waals surface area contributed by atoms with Crippen LogP contribution in [0.25, 0.3) is 0 Å². The smallest absolute Gasteiger partial charge is 0.303 e. The molecule has 1 atom stereocenters. The summed E-state index contributed by atoms with van der Waals surface area (Å²) < 4.78 is 12.2. The average molecular weight is 356 g/mol. The van der Waals surface area contributed by atoms with Gasteiger partial charge in [-0.25, -0.2) is 0 Å². The van der Waals surface area contributed by atoms with Crippen LogP contribution in [0.1, 0.15) is 18.4 Å². The van der Waals surface area contributed by atoms with Crippen LogP contribution in [0.5, 0.6) is 11.5 Å². The number of halogens is 1. The third kappa shape index (κ3) is 3.49. The quantitative estimate of drug-likeness (QED) is 0.899. The maximum Gasteiger partial charge on any atom is 0.303 e. The normalized spacial score (nSPS) is 21.5. The summed E-state index contributed by atoms with van der Waals surface area (Å²) in [6.07, 6.45) is 1.22. The molecule has 1 fully saturated rings. The highest BCUT2D eigenvalue weighted by Gasteiger charge is 2.25. The Kier molecular flexibility index (Phi) is 4.35. The summed E-state index contributed by atoms with van der Waals surface area (Å²) in [5.74, 6) is 1.13. The van der Waals surface area contributed by atoms with Gasteiger partial charge >= 0.3 is 5.97 Å². The molecule has 1 saturated heterocycles. The molecule has 2 aliphatic rings. The second kappa shape index (κ2) is 6.23. The largest absolute Gasteiger partial charge is 0.486 e. The number of fused-ring (bicyclic) bond motifs is 1. The SMILES string of the molecule is O=C(O)CC1CCN(Cc2cc3c(cc2Br)OCCO3)C1. The van der Waals surface area contributed by atoms with Crippen molar-refractivity contribution in [1.82, 2.24) is 4.90 Å². The zero-order valence-electron chi connectivity index (χ0n) is 11.7. The standard InChI is InChI=1S/C15H18BrNO4/c16-12-7-14-13(20-3-4-21-14)6-11(12)9-17-2-1-10(8-17)5-15(18)19/h6-7,10H,1-5,8-9H2,(H,18,19). The first-order valence-electron chi connectivity index (χ1n) is 7.14. The van der Waals surface area contributed by atoms with Crippen LogP contribution in [0.4, 0.5) is 0 Å². The Hall–Kier alpha value is -1.27. The number of nitrogens with zero attached hydrogens (tertiary/aromatic N) is 1. The number of benzene rings is 1. The Morgan fingerprint density at radius 2 is 2.05 bits per heavy atom. The maximum absolute atomic E-state index is 10.8. The predicted octanol–water partition coefficient (Wildman–Crippen LogP) is 2.52. The number of ether oxygens (including phenoxy) is 2. The first-order valence-corrected chi connectivity index (χ1v) is 7.93. The van der Waals surface area contributed by atoms with Crippen LogP contribution in [0.15, 0.2) is 16.6 Å². The number of carboxylic acid groups (broad SMARTS) is 1. The Balaban J connectivity index is 1.67. The fourth-order valence-corrected chi connectivity index (χ4v) is 3.39. The van der Waals surface area contributed by atoms with E-state index in [1.807, 2.05) is 12.1 Å². The molecule has 0 aliphatic carbocycles. The molecular formula is C15H18BrNO4. The van der Waals surface area contributed by atoms with Gasteiger partial charge in [0.05, 0.1) is 0 Å². The van der Waals surface area contributed by atoms with E-state index in [4.69, 9.17) is 14.6 Å². The number of aliphatic carboxylic acids is 1. The number of hydrogen-bond acceptors (Lipinski definition) is 4. The first kappa shape index (κ1) is 14.7. The Labute approximate surface area is 132 Å². The molecule has 0 spiro atoms.